The average Bonchev–Trinajstić information content (AvgIpc) is 2.29. The molecule has 88 valence electrons. The minimum absolute atomic E-state index is 0.0721. The first-order valence-electron chi connectivity index (χ1n) is 6.15. The molecule has 1 aromatic heterocycles. The van der Waals surface area contributed by atoms with Crippen LogP contribution in [0.15, 0.2) is 12.3 Å². The first-order valence-corrected chi connectivity index (χ1v) is 6.15. The topological polar surface area (TPSA) is 42.2 Å². The van der Waals surface area contributed by atoms with E-state index in [4.69, 9.17) is 5.73 Å². The Morgan fingerprint density at radius 2 is 2.00 bits per heavy atom. The number of aryl methyl sites for hydroxylation is 1. The van der Waals surface area contributed by atoms with Crippen molar-refractivity contribution in [2.75, 3.05) is 18.0 Å². The Morgan fingerprint density at radius 1 is 1.31 bits per heavy atom. The van der Waals surface area contributed by atoms with E-state index in [-0.39, 0.29) is 6.04 Å². The summed E-state index contributed by atoms with van der Waals surface area (Å²) in [5, 5.41) is 0. The van der Waals surface area contributed by atoms with E-state index >= 15 is 0 Å². The summed E-state index contributed by atoms with van der Waals surface area (Å²) in [7, 11) is 0. The van der Waals surface area contributed by atoms with Gasteiger partial charge >= 0.3 is 0 Å². The van der Waals surface area contributed by atoms with Crippen molar-refractivity contribution in [2.45, 2.75) is 39.2 Å². The van der Waals surface area contributed by atoms with Gasteiger partial charge in [0.25, 0.3) is 0 Å². The summed E-state index contributed by atoms with van der Waals surface area (Å²) >= 11 is 0. The number of rotatable bonds is 2. The molecule has 1 aliphatic rings. The standard InChI is InChI=1S/C13H21N3/c1-10-8-13(15-9-12(10)11(2)14)16-6-4-3-5-7-16/h8-9,11H,3-7,14H2,1-2H3. The van der Waals surface area contributed by atoms with Gasteiger partial charge in [-0.05, 0) is 50.3 Å². The lowest BCUT2D eigenvalue weighted by atomic mass is 10.1. The number of hydrogen-bond acceptors (Lipinski definition) is 3. The molecule has 16 heavy (non-hydrogen) atoms. The van der Waals surface area contributed by atoms with Crippen LogP contribution in [-0.4, -0.2) is 18.1 Å². The van der Waals surface area contributed by atoms with E-state index in [9.17, 15) is 0 Å². The van der Waals surface area contributed by atoms with E-state index in [1.807, 2.05) is 13.1 Å². The molecule has 1 fully saturated rings. The second-order valence-corrected chi connectivity index (χ2v) is 4.74. The summed E-state index contributed by atoms with van der Waals surface area (Å²) in [5.41, 5.74) is 8.30. The van der Waals surface area contributed by atoms with E-state index in [1.54, 1.807) is 0 Å². The molecule has 0 amide bonds. The summed E-state index contributed by atoms with van der Waals surface area (Å²) in [4.78, 5) is 6.91. The number of nitrogens with zero attached hydrogens (tertiary/aromatic N) is 2. The molecule has 1 aromatic rings. The predicted molar refractivity (Wildman–Crippen MR) is 67.6 cm³/mol. The molecule has 2 heterocycles. The van der Waals surface area contributed by atoms with Crippen molar-refractivity contribution in [3.8, 4) is 0 Å². The summed E-state index contributed by atoms with van der Waals surface area (Å²) in [6, 6.07) is 2.24. The zero-order chi connectivity index (χ0) is 11.5. The highest BCUT2D eigenvalue weighted by Crippen LogP contribution is 2.22. The number of nitrogens with two attached hydrogens (primary N) is 1. The number of pyridine rings is 1. The van der Waals surface area contributed by atoms with Crippen molar-refractivity contribution in [1.82, 2.24) is 4.98 Å². The van der Waals surface area contributed by atoms with Gasteiger partial charge in [-0.3, -0.25) is 0 Å². The van der Waals surface area contributed by atoms with Gasteiger partial charge < -0.3 is 10.6 Å². The van der Waals surface area contributed by atoms with Crippen molar-refractivity contribution in [1.29, 1.82) is 0 Å². The molecule has 0 bridgehead atoms. The van der Waals surface area contributed by atoms with Crippen LogP contribution in [0.4, 0.5) is 5.82 Å². The van der Waals surface area contributed by atoms with Gasteiger partial charge in [0.15, 0.2) is 0 Å². The van der Waals surface area contributed by atoms with Crippen LogP contribution in [0, 0.1) is 6.92 Å². The van der Waals surface area contributed by atoms with Gasteiger partial charge in [0.1, 0.15) is 5.82 Å². The summed E-state index contributed by atoms with van der Waals surface area (Å²) in [6.45, 7) is 6.41. The molecule has 0 saturated carbocycles. The highest BCUT2D eigenvalue weighted by atomic mass is 15.2. The number of hydrogen-bond donors (Lipinski definition) is 1. The zero-order valence-corrected chi connectivity index (χ0v) is 10.2. The van der Waals surface area contributed by atoms with Crippen LogP contribution in [-0.2, 0) is 0 Å². The molecule has 1 unspecified atom stereocenters. The molecule has 2 N–H and O–H groups in total. The van der Waals surface area contributed by atoms with Gasteiger partial charge in [-0.2, -0.15) is 0 Å². The smallest absolute Gasteiger partial charge is 0.128 e. The molecule has 3 nitrogen and oxygen atoms in total. The number of anilines is 1. The van der Waals surface area contributed by atoms with Crippen LogP contribution >= 0.6 is 0 Å². The lowest BCUT2D eigenvalue weighted by molar-refractivity contribution is 0.573. The van der Waals surface area contributed by atoms with Crippen molar-refractivity contribution < 1.29 is 0 Å². The van der Waals surface area contributed by atoms with Gasteiger partial charge in [-0.1, -0.05) is 0 Å². The molecule has 0 aliphatic carbocycles. The molecule has 1 atom stereocenters. The number of aromatic nitrogens is 1. The summed E-state index contributed by atoms with van der Waals surface area (Å²) in [5.74, 6) is 1.11. The third kappa shape index (κ3) is 2.35. The lowest BCUT2D eigenvalue weighted by Crippen LogP contribution is -2.30. The van der Waals surface area contributed by atoms with E-state index in [0.29, 0.717) is 0 Å². The van der Waals surface area contributed by atoms with Gasteiger partial charge in [0, 0.05) is 25.3 Å². The normalized spacial score (nSPS) is 18.6. The minimum atomic E-state index is 0.0721. The van der Waals surface area contributed by atoms with Gasteiger partial charge in [-0.25, -0.2) is 4.98 Å². The summed E-state index contributed by atoms with van der Waals surface area (Å²) < 4.78 is 0. The first-order chi connectivity index (χ1) is 7.68. The Hall–Kier alpha value is -1.09. The second kappa shape index (κ2) is 4.83. The van der Waals surface area contributed by atoms with E-state index in [0.717, 1.165) is 24.5 Å². The van der Waals surface area contributed by atoms with Crippen LogP contribution in [0.25, 0.3) is 0 Å². The molecule has 3 heteroatoms. The van der Waals surface area contributed by atoms with E-state index < -0.39 is 0 Å². The molecular formula is C13H21N3. The fourth-order valence-corrected chi connectivity index (χ4v) is 2.32. The van der Waals surface area contributed by atoms with Crippen molar-refractivity contribution >= 4 is 5.82 Å². The van der Waals surface area contributed by atoms with Crippen molar-refractivity contribution in [2.24, 2.45) is 5.73 Å². The van der Waals surface area contributed by atoms with Crippen LogP contribution in [0.5, 0.6) is 0 Å². The minimum Gasteiger partial charge on any atom is -0.357 e. The second-order valence-electron chi connectivity index (χ2n) is 4.74. The van der Waals surface area contributed by atoms with Crippen molar-refractivity contribution in [3.63, 3.8) is 0 Å². The van der Waals surface area contributed by atoms with Crippen LogP contribution < -0.4 is 10.6 Å². The van der Waals surface area contributed by atoms with E-state index in [1.165, 1.54) is 24.8 Å². The highest BCUT2D eigenvalue weighted by Gasteiger charge is 2.13. The van der Waals surface area contributed by atoms with E-state index in [2.05, 4.69) is 22.9 Å². The fourth-order valence-electron chi connectivity index (χ4n) is 2.32. The first kappa shape index (κ1) is 11.4. The van der Waals surface area contributed by atoms with Crippen LogP contribution in [0.1, 0.15) is 43.4 Å². The fraction of sp³-hybridized carbons (Fsp3) is 0.615. The Morgan fingerprint density at radius 3 is 2.56 bits per heavy atom. The molecular weight excluding hydrogens is 198 g/mol. The lowest BCUT2D eigenvalue weighted by Gasteiger charge is -2.28. The van der Waals surface area contributed by atoms with Crippen molar-refractivity contribution in [3.05, 3.63) is 23.4 Å². The largest absolute Gasteiger partial charge is 0.357 e. The number of piperidine rings is 1. The highest BCUT2D eigenvalue weighted by molar-refractivity contribution is 5.44. The Bertz CT molecular complexity index is 354. The molecule has 2 rings (SSSR count). The Labute approximate surface area is 97.7 Å². The summed E-state index contributed by atoms with van der Waals surface area (Å²) in [6.07, 6.45) is 5.86. The third-order valence-electron chi connectivity index (χ3n) is 3.31. The molecule has 0 aromatic carbocycles. The Balaban J connectivity index is 2.19. The third-order valence-corrected chi connectivity index (χ3v) is 3.31. The predicted octanol–water partition coefficient (Wildman–Crippen LogP) is 2.40. The maximum Gasteiger partial charge on any atom is 0.128 e. The maximum absolute atomic E-state index is 5.89. The quantitative estimate of drug-likeness (QED) is 0.830. The monoisotopic (exact) mass is 219 g/mol. The molecule has 0 spiro atoms. The Kier molecular flexibility index (Phi) is 3.44. The zero-order valence-electron chi connectivity index (χ0n) is 10.2. The van der Waals surface area contributed by atoms with Gasteiger partial charge in [0.05, 0.1) is 0 Å². The molecule has 1 saturated heterocycles. The van der Waals surface area contributed by atoms with Crippen LogP contribution in [0.2, 0.25) is 0 Å². The SMILES string of the molecule is Cc1cc(N2CCCCC2)ncc1C(C)N. The van der Waals surface area contributed by atoms with Crippen LogP contribution in [0.3, 0.4) is 0 Å². The molecule has 1 aliphatic heterocycles. The van der Waals surface area contributed by atoms with Gasteiger partial charge in [-0.15, -0.1) is 0 Å². The average molecular weight is 219 g/mol. The van der Waals surface area contributed by atoms with Gasteiger partial charge in [0.2, 0.25) is 0 Å². The molecule has 0 radical (unpaired) electrons. The maximum atomic E-state index is 5.89.